The molecule has 0 aliphatic rings. The van der Waals surface area contributed by atoms with Gasteiger partial charge in [-0.15, -0.1) is 0 Å². The van der Waals surface area contributed by atoms with E-state index in [-0.39, 0.29) is 0 Å². The Morgan fingerprint density at radius 3 is 2.89 bits per heavy atom. The molecule has 1 aromatic rings. The Kier molecular flexibility index (Phi) is 1.44. The summed E-state index contributed by atoms with van der Waals surface area (Å²) in [4.78, 5) is 13.7. The van der Waals surface area contributed by atoms with Crippen LogP contribution in [0.4, 0.5) is 0 Å². The lowest BCUT2D eigenvalue weighted by molar-refractivity contribution is 0.111. The second-order valence-corrected chi connectivity index (χ2v) is 1.43. The summed E-state index contributed by atoms with van der Waals surface area (Å²) >= 11 is 0. The van der Waals surface area contributed by atoms with Crippen LogP contribution in [0.15, 0.2) is 17.3 Å². The monoisotopic (exact) mass is 123 g/mol. The van der Waals surface area contributed by atoms with Gasteiger partial charge in [-0.1, -0.05) is 6.58 Å². The summed E-state index contributed by atoms with van der Waals surface area (Å²) in [5.74, 6) is 0.372. The third-order valence-electron chi connectivity index (χ3n) is 0.835. The first-order valence-corrected chi connectivity index (χ1v) is 2.40. The van der Waals surface area contributed by atoms with Crippen LogP contribution in [0.3, 0.4) is 0 Å². The summed E-state index contributed by atoms with van der Waals surface area (Å²) in [6.07, 6.45) is 3.34. The summed E-state index contributed by atoms with van der Waals surface area (Å²) in [6.45, 7) is 3.41. The molecule has 46 valence electrons. The normalized spacial score (nSPS) is 8.89. The maximum Gasteiger partial charge on any atom is 0.218 e. The second kappa shape index (κ2) is 2.26. The lowest BCUT2D eigenvalue weighted by Gasteiger charge is -1.72. The molecule has 3 nitrogen and oxygen atoms in total. The van der Waals surface area contributed by atoms with Crippen molar-refractivity contribution in [3.8, 4) is 0 Å². The number of aromatic nitrogens is 1. The molecule has 0 aliphatic heterocycles. The van der Waals surface area contributed by atoms with Gasteiger partial charge in [0.1, 0.15) is 12.0 Å². The van der Waals surface area contributed by atoms with Crippen LogP contribution in [-0.4, -0.2) is 11.3 Å². The highest BCUT2D eigenvalue weighted by atomic mass is 16.3. The van der Waals surface area contributed by atoms with Crippen molar-refractivity contribution >= 4 is 12.4 Å². The standard InChI is InChI=1S/C6H5NO2/c1-2-6-7-5(3-8)4-9-6/h2-4H,1H2. The summed E-state index contributed by atoms with van der Waals surface area (Å²) in [5.41, 5.74) is 0.296. The van der Waals surface area contributed by atoms with Crippen LogP contribution in [0.5, 0.6) is 0 Å². The second-order valence-electron chi connectivity index (χ2n) is 1.43. The molecular weight excluding hydrogens is 118 g/mol. The minimum Gasteiger partial charge on any atom is -0.444 e. The summed E-state index contributed by atoms with van der Waals surface area (Å²) < 4.78 is 4.74. The molecule has 0 radical (unpaired) electrons. The lowest BCUT2D eigenvalue weighted by Crippen LogP contribution is -1.76. The molecule has 0 bridgehead atoms. The topological polar surface area (TPSA) is 43.1 Å². The minimum absolute atomic E-state index is 0.296. The predicted molar refractivity (Wildman–Crippen MR) is 32.0 cm³/mol. The average Bonchev–Trinajstić information content (AvgIpc) is 2.34. The fourth-order valence-corrected chi connectivity index (χ4v) is 0.449. The minimum atomic E-state index is 0.296. The largest absolute Gasteiger partial charge is 0.444 e. The lowest BCUT2D eigenvalue weighted by atomic mass is 10.5. The van der Waals surface area contributed by atoms with Gasteiger partial charge in [-0.3, -0.25) is 4.79 Å². The quantitative estimate of drug-likeness (QED) is 0.553. The number of hydrogen-bond acceptors (Lipinski definition) is 3. The molecule has 0 fully saturated rings. The predicted octanol–water partition coefficient (Wildman–Crippen LogP) is 1.13. The van der Waals surface area contributed by atoms with Gasteiger partial charge in [-0.05, 0) is 6.08 Å². The summed E-state index contributed by atoms with van der Waals surface area (Å²) in [7, 11) is 0. The van der Waals surface area contributed by atoms with E-state index in [9.17, 15) is 4.79 Å². The Hall–Kier alpha value is -1.38. The van der Waals surface area contributed by atoms with Crippen molar-refractivity contribution in [2.24, 2.45) is 0 Å². The Balaban J connectivity index is 2.98. The van der Waals surface area contributed by atoms with Crippen molar-refractivity contribution in [3.05, 3.63) is 24.4 Å². The van der Waals surface area contributed by atoms with Crippen LogP contribution in [-0.2, 0) is 0 Å². The van der Waals surface area contributed by atoms with Crippen molar-refractivity contribution in [2.75, 3.05) is 0 Å². The smallest absolute Gasteiger partial charge is 0.218 e. The van der Waals surface area contributed by atoms with E-state index in [1.54, 1.807) is 0 Å². The Morgan fingerprint density at radius 1 is 1.78 bits per heavy atom. The number of hydrogen-bond donors (Lipinski definition) is 0. The third-order valence-corrected chi connectivity index (χ3v) is 0.835. The first kappa shape index (κ1) is 5.75. The van der Waals surface area contributed by atoms with Crippen molar-refractivity contribution < 1.29 is 9.21 Å². The van der Waals surface area contributed by atoms with E-state index in [0.717, 1.165) is 0 Å². The van der Waals surface area contributed by atoms with Crippen LogP contribution < -0.4 is 0 Å². The molecule has 3 heteroatoms. The van der Waals surface area contributed by atoms with E-state index in [4.69, 9.17) is 4.42 Å². The number of nitrogens with zero attached hydrogens (tertiary/aromatic N) is 1. The van der Waals surface area contributed by atoms with E-state index in [0.29, 0.717) is 17.9 Å². The van der Waals surface area contributed by atoms with Crippen LogP contribution >= 0.6 is 0 Å². The van der Waals surface area contributed by atoms with Crippen molar-refractivity contribution in [1.29, 1.82) is 0 Å². The number of aldehydes is 1. The van der Waals surface area contributed by atoms with Crippen molar-refractivity contribution in [3.63, 3.8) is 0 Å². The molecule has 9 heavy (non-hydrogen) atoms. The SMILES string of the molecule is C=Cc1nc(C=O)co1. The molecule has 0 aromatic carbocycles. The zero-order chi connectivity index (χ0) is 6.69. The van der Waals surface area contributed by atoms with Crippen LogP contribution in [0.2, 0.25) is 0 Å². The van der Waals surface area contributed by atoms with Crippen LogP contribution in [0.1, 0.15) is 16.4 Å². The molecule has 0 saturated carbocycles. The number of carbonyl (C=O) groups excluding carboxylic acids is 1. The van der Waals surface area contributed by atoms with E-state index in [2.05, 4.69) is 11.6 Å². The van der Waals surface area contributed by atoms with Gasteiger partial charge in [0.25, 0.3) is 0 Å². The zero-order valence-electron chi connectivity index (χ0n) is 4.70. The van der Waals surface area contributed by atoms with Crippen LogP contribution in [0, 0.1) is 0 Å². The maximum absolute atomic E-state index is 9.98. The first-order valence-electron chi connectivity index (χ1n) is 2.40. The van der Waals surface area contributed by atoms with Crippen molar-refractivity contribution in [1.82, 2.24) is 4.98 Å². The average molecular weight is 123 g/mol. The molecule has 0 spiro atoms. The van der Waals surface area contributed by atoms with Crippen molar-refractivity contribution in [2.45, 2.75) is 0 Å². The molecule has 1 aromatic heterocycles. The first-order chi connectivity index (χ1) is 4.36. The summed E-state index contributed by atoms with van der Waals surface area (Å²) in [6, 6.07) is 0. The van der Waals surface area contributed by atoms with Gasteiger partial charge < -0.3 is 4.42 Å². The molecule has 1 rings (SSSR count). The maximum atomic E-state index is 9.98. The van der Waals surface area contributed by atoms with E-state index < -0.39 is 0 Å². The Labute approximate surface area is 52.0 Å². The molecule has 0 unspecified atom stereocenters. The van der Waals surface area contributed by atoms with E-state index in [1.165, 1.54) is 12.3 Å². The number of rotatable bonds is 2. The Morgan fingerprint density at radius 2 is 2.56 bits per heavy atom. The zero-order valence-corrected chi connectivity index (χ0v) is 4.70. The molecule has 0 amide bonds. The van der Waals surface area contributed by atoms with E-state index in [1.807, 2.05) is 0 Å². The van der Waals surface area contributed by atoms with Gasteiger partial charge in [0, 0.05) is 0 Å². The third kappa shape index (κ3) is 1.05. The highest BCUT2D eigenvalue weighted by molar-refractivity contribution is 5.71. The molecule has 0 saturated heterocycles. The molecule has 0 N–H and O–H groups in total. The molecular formula is C6H5NO2. The number of carbonyl (C=O) groups is 1. The Bertz CT molecular complexity index is 204. The van der Waals surface area contributed by atoms with E-state index >= 15 is 0 Å². The van der Waals surface area contributed by atoms with Gasteiger partial charge in [-0.25, -0.2) is 4.98 Å². The summed E-state index contributed by atoms with van der Waals surface area (Å²) in [5, 5.41) is 0. The van der Waals surface area contributed by atoms with Gasteiger partial charge in [0.2, 0.25) is 5.89 Å². The fourth-order valence-electron chi connectivity index (χ4n) is 0.449. The molecule has 1 heterocycles. The van der Waals surface area contributed by atoms with Gasteiger partial charge in [-0.2, -0.15) is 0 Å². The van der Waals surface area contributed by atoms with Gasteiger partial charge in [0.15, 0.2) is 6.29 Å². The van der Waals surface area contributed by atoms with Gasteiger partial charge >= 0.3 is 0 Å². The highest BCUT2D eigenvalue weighted by Gasteiger charge is 1.95. The number of oxazole rings is 1. The van der Waals surface area contributed by atoms with Gasteiger partial charge in [0.05, 0.1) is 0 Å². The highest BCUT2D eigenvalue weighted by Crippen LogP contribution is 1.99. The molecule has 0 atom stereocenters. The fraction of sp³-hybridized carbons (Fsp3) is 0. The van der Waals surface area contributed by atoms with Crippen LogP contribution in [0.25, 0.3) is 6.08 Å². The molecule has 0 aliphatic carbocycles.